The number of aromatic nitrogens is 2. The summed E-state index contributed by atoms with van der Waals surface area (Å²) >= 11 is 0. The molecule has 0 saturated carbocycles. The van der Waals surface area contributed by atoms with Crippen molar-refractivity contribution < 1.29 is 4.79 Å². The summed E-state index contributed by atoms with van der Waals surface area (Å²) in [5.41, 5.74) is 1.03. The van der Waals surface area contributed by atoms with Gasteiger partial charge >= 0.3 is 0 Å². The van der Waals surface area contributed by atoms with Crippen LogP contribution in [-0.2, 0) is 11.2 Å². The molecule has 110 valence electrons. The minimum atomic E-state index is 0.157. The summed E-state index contributed by atoms with van der Waals surface area (Å²) in [5.74, 6) is 0.969. The summed E-state index contributed by atoms with van der Waals surface area (Å²) in [5, 5.41) is 3.25. The third kappa shape index (κ3) is 3.90. The molecule has 0 unspecified atom stereocenters. The Morgan fingerprint density at radius 1 is 1.40 bits per heavy atom. The molecule has 20 heavy (non-hydrogen) atoms. The van der Waals surface area contributed by atoms with E-state index in [4.69, 9.17) is 0 Å². The Kier molecular flexibility index (Phi) is 5.29. The normalized spacial score (nSPS) is 15.2. The zero-order valence-electron chi connectivity index (χ0n) is 12.3. The van der Waals surface area contributed by atoms with Crippen molar-refractivity contribution in [3.05, 3.63) is 18.1 Å². The van der Waals surface area contributed by atoms with E-state index < -0.39 is 0 Å². The maximum Gasteiger partial charge on any atom is 0.242 e. The molecule has 1 aliphatic rings. The number of hydrogen-bond acceptors (Lipinski definition) is 5. The van der Waals surface area contributed by atoms with Crippen molar-refractivity contribution in [3.63, 3.8) is 0 Å². The molecule has 0 aliphatic carbocycles. The molecule has 2 heterocycles. The van der Waals surface area contributed by atoms with Crippen LogP contribution >= 0.6 is 0 Å². The molecule has 0 aromatic carbocycles. The van der Waals surface area contributed by atoms with Gasteiger partial charge in [-0.2, -0.15) is 0 Å². The largest absolute Gasteiger partial charge is 0.350 e. The van der Waals surface area contributed by atoms with Crippen LogP contribution in [0.3, 0.4) is 0 Å². The van der Waals surface area contributed by atoms with Gasteiger partial charge in [-0.25, -0.2) is 9.97 Å². The number of nitrogens with one attached hydrogen (secondary N) is 1. The van der Waals surface area contributed by atoms with Gasteiger partial charge in [-0.3, -0.25) is 4.79 Å². The Bertz CT molecular complexity index is 445. The van der Waals surface area contributed by atoms with Crippen molar-refractivity contribution in [2.45, 2.75) is 19.8 Å². The smallest absolute Gasteiger partial charge is 0.242 e. The van der Waals surface area contributed by atoms with Crippen LogP contribution in [-0.4, -0.2) is 60.5 Å². The molecular formula is C14H23N5O. The van der Waals surface area contributed by atoms with E-state index >= 15 is 0 Å². The van der Waals surface area contributed by atoms with Gasteiger partial charge in [-0.1, -0.05) is 13.3 Å². The van der Waals surface area contributed by atoms with Gasteiger partial charge in [0.1, 0.15) is 12.1 Å². The van der Waals surface area contributed by atoms with Crippen LogP contribution in [0.25, 0.3) is 0 Å². The Labute approximate surface area is 120 Å². The second-order valence-corrected chi connectivity index (χ2v) is 5.10. The summed E-state index contributed by atoms with van der Waals surface area (Å²) < 4.78 is 0. The molecule has 0 spiro atoms. The lowest BCUT2D eigenvalue weighted by Gasteiger charge is -2.29. The predicted molar refractivity (Wildman–Crippen MR) is 78.7 cm³/mol. The van der Waals surface area contributed by atoms with E-state index in [1.54, 1.807) is 6.33 Å². The maximum absolute atomic E-state index is 12.2. The topological polar surface area (TPSA) is 61.4 Å². The second kappa shape index (κ2) is 7.19. The molecule has 6 heteroatoms. The molecular weight excluding hydrogens is 254 g/mol. The first-order chi connectivity index (χ1) is 9.70. The summed E-state index contributed by atoms with van der Waals surface area (Å²) in [6, 6.07) is 1.97. The number of carbonyl (C=O) groups excluding carboxylic acids is 1. The third-order valence-electron chi connectivity index (χ3n) is 3.45. The van der Waals surface area contributed by atoms with Gasteiger partial charge in [0.25, 0.3) is 0 Å². The molecule has 0 atom stereocenters. The van der Waals surface area contributed by atoms with E-state index in [1.807, 2.05) is 22.9 Å². The van der Waals surface area contributed by atoms with E-state index in [1.165, 1.54) is 0 Å². The van der Waals surface area contributed by atoms with E-state index in [0.717, 1.165) is 50.5 Å². The number of rotatable bonds is 5. The SMILES string of the molecule is CCCc1cc(N(C)CC(=O)N2CCNCC2)ncn1. The Hall–Kier alpha value is -1.69. The average molecular weight is 277 g/mol. The van der Waals surface area contributed by atoms with Gasteiger partial charge in [0, 0.05) is 45.0 Å². The highest BCUT2D eigenvalue weighted by Crippen LogP contribution is 2.10. The van der Waals surface area contributed by atoms with Crippen LogP contribution in [0.5, 0.6) is 0 Å². The molecule has 1 saturated heterocycles. The summed E-state index contributed by atoms with van der Waals surface area (Å²) in [6.45, 7) is 5.82. The molecule has 6 nitrogen and oxygen atoms in total. The van der Waals surface area contributed by atoms with Crippen molar-refractivity contribution in [2.75, 3.05) is 44.7 Å². The number of anilines is 1. The second-order valence-electron chi connectivity index (χ2n) is 5.10. The highest BCUT2D eigenvalue weighted by Gasteiger charge is 2.18. The van der Waals surface area contributed by atoms with E-state index in [9.17, 15) is 4.79 Å². The fourth-order valence-corrected chi connectivity index (χ4v) is 2.29. The fourth-order valence-electron chi connectivity index (χ4n) is 2.29. The molecule has 2 rings (SSSR count). The number of nitrogens with zero attached hydrogens (tertiary/aromatic N) is 4. The van der Waals surface area contributed by atoms with Gasteiger partial charge in [-0.05, 0) is 6.42 Å². The van der Waals surface area contributed by atoms with Gasteiger partial charge in [0.05, 0.1) is 6.54 Å². The molecule has 1 aliphatic heterocycles. The van der Waals surface area contributed by atoms with Crippen LogP contribution in [0.4, 0.5) is 5.82 Å². The summed E-state index contributed by atoms with van der Waals surface area (Å²) in [6.07, 6.45) is 3.57. The van der Waals surface area contributed by atoms with Gasteiger partial charge in [-0.15, -0.1) is 0 Å². The van der Waals surface area contributed by atoms with Crippen molar-refractivity contribution >= 4 is 11.7 Å². The number of carbonyl (C=O) groups is 1. The lowest BCUT2D eigenvalue weighted by Crippen LogP contribution is -2.49. The number of likely N-dealkylation sites (N-methyl/N-ethyl adjacent to an activating group) is 1. The summed E-state index contributed by atoms with van der Waals surface area (Å²) in [4.78, 5) is 24.5. The monoisotopic (exact) mass is 277 g/mol. The van der Waals surface area contributed by atoms with Crippen molar-refractivity contribution in [3.8, 4) is 0 Å². The van der Waals surface area contributed by atoms with Crippen molar-refractivity contribution in [2.24, 2.45) is 0 Å². The lowest BCUT2D eigenvalue weighted by atomic mass is 10.2. The molecule has 1 aromatic heterocycles. The van der Waals surface area contributed by atoms with Gasteiger partial charge in [0.2, 0.25) is 5.91 Å². The predicted octanol–water partition coefficient (Wildman–Crippen LogP) is 0.297. The Morgan fingerprint density at radius 3 is 2.85 bits per heavy atom. The number of amides is 1. The first-order valence-electron chi connectivity index (χ1n) is 7.21. The fraction of sp³-hybridized carbons (Fsp3) is 0.643. The minimum Gasteiger partial charge on any atom is -0.350 e. The van der Waals surface area contributed by atoms with Gasteiger partial charge < -0.3 is 15.1 Å². The van der Waals surface area contributed by atoms with Gasteiger partial charge in [0.15, 0.2) is 0 Å². The van der Waals surface area contributed by atoms with Crippen molar-refractivity contribution in [1.82, 2.24) is 20.2 Å². The molecule has 1 N–H and O–H groups in total. The Morgan fingerprint density at radius 2 is 2.15 bits per heavy atom. The van der Waals surface area contributed by atoms with E-state index in [2.05, 4.69) is 22.2 Å². The number of piperazine rings is 1. The third-order valence-corrected chi connectivity index (χ3v) is 3.45. The molecule has 0 bridgehead atoms. The zero-order chi connectivity index (χ0) is 14.4. The molecule has 0 radical (unpaired) electrons. The quantitative estimate of drug-likeness (QED) is 0.838. The van der Waals surface area contributed by atoms with Crippen LogP contribution in [0, 0.1) is 0 Å². The zero-order valence-corrected chi connectivity index (χ0v) is 12.3. The van der Waals surface area contributed by atoms with Crippen LogP contribution in [0.1, 0.15) is 19.0 Å². The summed E-state index contributed by atoms with van der Waals surface area (Å²) in [7, 11) is 1.90. The molecule has 1 aromatic rings. The van der Waals surface area contributed by atoms with Crippen LogP contribution in [0.15, 0.2) is 12.4 Å². The molecule has 1 amide bonds. The Balaban J connectivity index is 1.94. The average Bonchev–Trinajstić information content (AvgIpc) is 2.48. The number of hydrogen-bond donors (Lipinski definition) is 1. The van der Waals surface area contributed by atoms with E-state index in [0.29, 0.717) is 6.54 Å². The van der Waals surface area contributed by atoms with E-state index in [-0.39, 0.29) is 5.91 Å². The van der Waals surface area contributed by atoms with Crippen LogP contribution in [0.2, 0.25) is 0 Å². The van der Waals surface area contributed by atoms with Crippen molar-refractivity contribution in [1.29, 1.82) is 0 Å². The first kappa shape index (κ1) is 14.7. The highest BCUT2D eigenvalue weighted by atomic mass is 16.2. The number of aryl methyl sites for hydroxylation is 1. The first-order valence-corrected chi connectivity index (χ1v) is 7.21. The lowest BCUT2D eigenvalue weighted by molar-refractivity contribution is -0.130. The highest BCUT2D eigenvalue weighted by molar-refractivity contribution is 5.81. The standard InChI is InChI=1S/C14H23N5O/c1-3-4-12-9-13(17-11-16-12)18(2)10-14(20)19-7-5-15-6-8-19/h9,11,15H,3-8,10H2,1-2H3. The van der Waals surface area contributed by atoms with Crippen LogP contribution < -0.4 is 10.2 Å². The maximum atomic E-state index is 12.2. The minimum absolute atomic E-state index is 0.157. The molecule has 1 fully saturated rings.